The van der Waals surface area contributed by atoms with E-state index in [0.29, 0.717) is 20.6 Å². The molecule has 1 aliphatic heterocycles. The van der Waals surface area contributed by atoms with Gasteiger partial charge in [0, 0.05) is 18.8 Å². The third-order valence-corrected chi connectivity index (χ3v) is 5.64. The summed E-state index contributed by atoms with van der Waals surface area (Å²) in [4.78, 5) is 31.2. The molecule has 0 amide bonds. The average Bonchev–Trinajstić information content (AvgIpc) is 3.24. The first-order chi connectivity index (χ1) is 14.0. The number of fused-ring (bicyclic) bond motifs is 1. The van der Waals surface area contributed by atoms with Crippen molar-refractivity contribution in [2.75, 3.05) is 6.61 Å². The highest BCUT2D eigenvalue weighted by Crippen LogP contribution is 2.30. The summed E-state index contributed by atoms with van der Waals surface area (Å²) in [6.07, 6.45) is 5.33. The number of hydrogen-bond acceptors (Lipinski definition) is 6. The summed E-state index contributed by atoms with van der Waals surface area (Å²) in [5, 5.41) is 4.14. The number of carbonyl (C=O) groups is 1. The lowest BCUT2D eigenvalue weighted by atomic mass is 9.96. The van der Waals surface area contributed by atoms with Crippen LogP contribution in [0.5, 0.6) is 0 Å². The smallest absolute Gasteiger partial charge is 0.338 e. The van der Waals surface area contributed by atoms with Gasteiger partial charge >= 0.3 is 5.97 Å². The van der Waals surface area contributed by atoms with Crippen molar-refractivity contribution >= 4 is 23.4 Å². The minimum Gasteiger partial charge on any atom is -0.463 e. The van der Waals surface area contributed by atoms with E-state index in [1.165, 1.54) is 11.3 Å². The van der Waals surface area contributed by atoms with Gasteiger partial charge in [-0.05, 0) is 25.5 Å². The van der Waals surface area contributed by atoms with Gasteiger partial charge in [0.15, 0.2) is 4.80 Å². The number of rotatable bonds is 4. The molecule has 1 atom stereocenters. The molecule has 7 nitrogen and oxygen atoms in total. The van der Waals surface area contributed by atoms with E-state index < -0.39 is 12.0 Å². The van der Waals surface area contributed by atoms with Crippen molar-refractivity contribution in [3.63, 3.8) is 0 Å². The number of nitrogens with zero attached hydrogens (tertiary/aromatic N) is 4. The summed E-state index contributed by atoms with van der Waals surface area (Å²) in [5.41, 5.74) is 2.42. The predicted octanol–water partition coefficient (Wildman–Crippen LogP) is 1.53. The summed E-state index contributed by atoms with van der Waals surface area (Å²) in [5.74, 6) is -0.454. The van der Waals surface area contributed by atoms with Crippen LogP contribution in [0, 0.1) is 0 Å². The summed E-state index contributed by atoms with van der Waals surface area (Å²) in [7, 11) is 1.82. The maximum atomic E-state index is 13.3. The molecule has 29 heavy (non-hydrogen) atoms. The molecular weight excluding hydrogens is 388 g/mol. The maximum Gasteiger partial charge on any atom is 0.338 e. The standard InChI is InChI=1S/C21H20N4O3S/c1-4-28-20(27)17-13(2)23-21-25(18(17)15-8-6-5-7-9-15)19(26)16(29-21)10-14-11-22-24(3)12-14/h5-12,18H,4H2,1-3H3/t18-/m0/s1. The third-order valence-electron chi connectivity index (χ3n) is 4.65. The zero-order valence-corrected chi connectivity index (χ0v) is 17.1. The average molecular weight is 408 g/mol. The number of aryl methyl sites for hydroxylation is 1. The lowest BCUT2D eigenvalue weighted by Crippen LogP contribution is -2.39. The van der Waals surface area contributed by atoms with E-state index in [9.17, 15) is 9.59 Å². The Morgan fingerprint density at radius 1 is 1.31 bits per heavy atom. The molecule has 0 spiro atoms. The molecule has 8 heteroatoms. The SMILES string of the molecule is CCOC(=O)C1=C(C)N=c2sc(=Cc3cnn(C)c3)c(=O)n2[C@H]1c1ccccc1. The van der Waals surface area contributed by atoms with Gasteiger partial charge in [-0.1, -0.05) is 41.7 Å². The lowest BCUT2D eigenvalue weighted by Gasteiger charge is -2.24. The Bertz CT molecular complexity index is 1280. The Hall–Kier alpha value is -3.26. The van der Waals surface area contributed by atoms with Crippen molar-refractivity contribution < 1.29 is 9.53 Å². The first kappa shape index (κ1) is 19.1. The fourth-order valence-corrected chi connectivity index (χ4v) is 4.45. The van der Waals surface area contributed by atoms with E-state index in [0.717, 1.165) is 11.1 Å². The van der Waals surface area contributed by atoms with Crippen LogP contribution in [0.1, 0.15) is 31.0 Å². The Labute approximate surface area is 170 Å². The molecule has 0 saturated heterocycles. The van der Waals surface area contributed by atoms with Crippen molar-refractivity contribution in [1.82, 2.24) is 14.3 Å². The Balaban J connectivity index is 1.96. The first-order valence-electron chi connectivity index (χ1n) is 9.23. The van der Waals surface area contributed by atoms with E-state index in [4.69, 9.17) is 4.74 Å². The fraction of sp³-hybridized carbons (Fsp3) is 0.238. The van der Waals surface area contributed by atoms with Gasteiger partial charge in [0.05, 0.1) is 34.6 Å². The predicted molar refractivity (Wildman–Crippen MR) is 110 cm³/mol. The van der Waals surface area contributed by atoms with Gasteiger partial charge in [-0.15, -0.1) is 0 Å². The first-order valence-corrected chi connectivity index (χ1v) is 10.0. The second kappa shape index (κ2) is 7.63. The van der Waals surface area contributed by atoms with Gasteiger partial charge in [0.25, 0.3) is 5.56 Å². The number of thiazole rings is 1. The molecule has 1 aromatic carbocycles. The Morgan fingerprint density at radius 3 is 2.72 bits per heavy atom. The van der Waals surface area contributed by atoms with Crippen LogP contribution in [0.15, 0.2) is 63.8 Å². The highest BCUT2D eigenvalue weighted by molar-refractivity contribution is 7.07. The highest BCUT2D eigenvalue weighted by Gasteiger charge is 2.33. The van der Waals surface area contributed by atoms with Crippen LogP contribution in [-0.2, 0) is 16.6 Å². The van der Waals surface area contributed by atoms with Gasteiger partial charge in [0.2, 0.25) is 0 Å². The summed E-state index contributed by atoms with van der Waals surface area (Å²) in [6.45, 7) is 3.79. The van der Waals surface area contributed by atoms with Gasteiger partial charge in [0.1, 0.15) is 0 Å². The van der Waals surface area contributed by atoms with Crippen LogP contribution in [-0.4, -0.2) is 26.9 Å². The van der Waals surface area contributed by atoms with E-state index in [2.05, 4.69) is 10.1 Å². The topological polar surface area (TPSA) is 78.5 Å². The van der Waals surface area contributed by atoms with E-state index >= 15 is 0 Å². The van der Waals surface area contributed by atoms with Crippen LogP contribution in [0.4, 0.5) is 0 Å². The zero-order valence-electron chi connectivity index (χ0n) is 16.3. The molecule has 0 unspecified atom stereocenters. The van der Waals surface area contributed by atoms with Gasteiger partial charge in [-0.2, -0.15) is 5.10 Å². The Morgan fingerprint density at radius 2 is 2.07 bits per heavy atom. The molecule has 0 aliphatic carbocycles. The molecule has 2 aromatic heterocycles. The number of benzene rings is 1. The summed E-state index contributed by atoms with van der Waals surface area (Å²) < 4.78 is 9.08. The van der Waals surface area contributed by atoms with Crippen LogP contribution < -0.4 is 14.9 Å². The van der Waals surface area contributed by atoms with E-state index in [1.54, 1.807) is 35.4 Å². The highest BCUT2D eigenvalue weighted by atomic mass is 32.1. The Kier molecular flexibility index (Phi) is 5.02. The molecule has 0 bridgehead atoms. The molecule has 3 aromatic rings. The van der Waals surface area contributed by atoms with Crippen molar-refractivity contribution in [2.24, 2.45) is 12.0 Å². The monoisotopic (exact) mass is 408 g/mol. The molecule has 1 aliphatic rings. The molecule has 3 heterocycles. The molecule has 0 radical (unpaired) electrons. The van der Waals surface area contributed by atoms with Crippen molar-refractivity contribution in [1.29, 1.82) is 0 Å². The molecular formula is C21H20N4O3S. The van der Waals surface area contributed by atoms with Gasteiger partial charge < -0.3 is 4.74 Å². The van der Waals surface area contributed by atoms with Crippen molar-refractivity contribution in [3.8, 4) is 0 Å². The summed E-state index contributed by atoms with van der Waals surface area (Å²) in [6, 6.07) is 8.90. The number of carbonyl (C=O) groups excluding carboxylic acids is 1. The molecule has 4 rings (SSSR count). The molecule has 148 valence electrons. The molecule has 0 N–H and O–H groups in total. The second-order valence-electron chi connectivity index (χ2n) is 6.66. The van der Waals surface area contributed by atoms with Gasteiger partial charge in [-0.25, -0.2) is 9.79 Å². The van der Waals surface area contributed by atoms with Crippen LogP contribution in [0.3, 0.4) is 0 Å². The van der Waals surface area contributed by atoms with E-state index in [-0.39, 0.29) is 12.2 Å². The largest absolute Gasteiger partial charge is 0.463 e. The van der Waals surface area contributed by atoms with Crippen LogP contribution >= 0.6 is 11.3 Å². The zero-order chi connectivity index (χ0) is 20.5. The third kappa shape index (κ3) is 3.47. The fourth-order valence-electron chi connectivity index (χ4n) is 3.41. The number of ether oxygens (including phenoxy) is 1. The van der Waals surface area contributed by atoms with Gasteiger partial charge in [-0.3, -0.25) is 14.0 Å². The number of esters is 1. The minimum absolute atomic E-state index is 0.194. The minimum atomic E-state index is -0.581. The number of hydrogen-bond donors (Lipinski definition) is 0. The maximum absolute atomic E-state index is 13.3. The van der Waals surface area contributed by atoms with Crippen LogP contribution in [0.2, 0.25) is 0 Å². The van der Waals surface area contributed by atoms with Crippen molar-refractivity contribution in [2.45, 2.75) is 19.9 Å². The number of allylic oxidation sites excluding steroid dienone is 1. The number of aromatic nitrogens is 3. The lowest BCUT2D eigenvalue weighted by molar-refractivity contribution is -0.139. The molecule has 0 fully saturated rings. The normalized spacial score (nSPS) is 16.5. The summed E-state index contributed by atoms with van der Waals surface area (Å²) >= 11 is 1.30. The second-order valence-corrected chi connectivity index (χ2v) is 7.67. The van der Waals surface area contributed by atoms with Crippen molar-refractivity contribution in [3.05, 3.63) is 84.8 Å². The van der Waals surface area contributed by atoms with E-state index in [1.807, 2.05) is 43.6 Å². The molecule has 0 saturated carbocycles. The van der Waals surface area contributed by atoms with Crippen LogP contribution in [0.25, 0.3) is 6.08 Å². The quantitative estimate of drug-likeness (QED) is 0.614.